The number of halogens is 1. The first-order chi connectivity index (χ1) is 6.34. The highest BCUT2D eigenvalue weighted by atomic mass is 19.1. The van der Waals surface area contributed by atoms with Crippen LogP contribution < -0.4 is 0 Å². The third-order valence-corrected chi connectivity index (χ3v) is 2.61. The van der Waals surface area contributed by atoms with Crippen LogP contribution in [0.4, 0.5) is 4.39 Å². The first-order valence-corrected chi connectivity index (χ1v) is 5.08. The van der Waals surface area contributed by atoms with Crippen LogP contribution in [-0.4, -0.2) is 0 Å². The maximum absolute atomic E-state index is 13.3. The van der Waals surface area contributed by atoms with Crippen LogP contribution in [0, 0.1) is 6.92 Å². The Morgan fingerprint density at radius 2 is 1.79 bits per heavy atom. The van der Waals surface area contributed by atoms with E-state index < -0.39 is 6.17 Å². The molecule has 1 aromatic rings. The summed E-state index contributed by atoms with van der Waals surface area (Å²) in [5.74, 6) is 0. The summed E-state index contributed by atoms with van der Waals surface area (Å²) in [5.41, 5.74) is 3.24. The number of hydrogen-bond acceptors (Lipinski definition) is 0. The summed E-state index contributed by atoms with van der Waals surface area (Å²) >= 11 is 0. The van der Waals surface area contributed by atoms with Crippen LogP contribution in [0.2, 0.25) is 0 Å². The van der Waals surface area contributed by atoms with Gasteiger partial charge in [0.25, 0.3) is 0 Å². The first-order valence-electron chi connectivity index (χ1n) is 5.08. The normalized spacial score (nSPS) is 14.1. The van der Waals surface area contributed by atoms with Crippen LogP contribution in [0.1, 0.15) is 50.6 Å². The summed E-state index contributed by atoms with van der Waals surface area (Å²) in [7, 11) is 0. The predicted molar refractivity (Wildman–Crippen MR) is 59.4 cm³/mol. The second-order valence-electron chi connectivity index (χ2n) is 4.89. The molecule has 0 aromatic heterocycles. The fourth-order valence-electron chi connectivity index (χ4n) is 1.90. The molecule has 78 valence electrons. The molecule has 0 heterocycles. The molecule has 0 spiro atoms. The van der Waals surface area contributed by atoms with Crippen molar-refractivity contribution >= 4 is 0 Å². The van der Waals surface area contributed by atoms with Crippen LogP contribution in [0.15, 0.2) is 18.2 Å². The molecule has 0 nitrogen and oxygen atoms in total. The van der Waals surface area contributed by atoms with Crippen LogP contribution in [0.5, 0.6) is 0 Å². The van der Waals surface area contributed by atoms with Gasteiger partial charge in [0.1, 0.15) is 6.17 Å². The highest BCUT2D eigenvalue weighted by Gasteiger charge is 2.18. The van der Waals surface area contributed by atoms with E-state index in [-0.39, 0.29) is 5.41 Å². The van der Waals surface area contributed by atoms with E-state index >= 15 is 0 Å². The van der Waals surface area contributed by atoms with E-state index in [0.29, 0.717) is 0 Å². The van der Waals surface area contributed by atoms with Crippen LogP contribution in [0.3, 0.4) is 0 Å². The lowest BCUT2D eigenvalue weighted by Crippen LogP contribution is -2.14. The predicted octanol–water partition coefficient (Wildman–Crippen LogP) is 4.32. The molecule has 0 amide bonds. The van der Waals surface area contributed by atoms with Gasteiger partial charge >= 0.3 is 0 Å². The average molecular weight is 194 g/mol. The Labute approximate surface area is 86.2 Å². The van der Waals surface area contributed by atoms with E-state index in [1.807, 2.05) is 19.1 Å². The maximum Gasteiger partial charge on any atom is 0.123 e. The van der Waals surface area contributed by atoms with Crippen molar-refractivity contribution in [2.75, 3.05) is 0 Å². The van der Waals surface area contributed by atoms with E-state index in [0.717, 1.165) is 11.1 Å². The number of alkyl halides is 1. The zero-order chi connectivity index (χ0) is 10.9. The van der Waals surface area contributed by atoms with E-state index in [2.05, 4.69) is 26.8 Å². The quantitative estimate of drug-likeness (QED) is 0.624. The van der Waals surface area contributed by atoms with Gasteiger partial charge in [-0.25, -0.2) is 4.39 Å². The summed E-state index contributed by atoms with van der Waals surface area (Å²) < 4.78 is 13.3. The van der Waals surface area contributed by atoms with Gasteiger partial charge in [0.15, 0.2) is 0 Å². The highest BCUT2D eigenvalue weighted by Crippen LogP contribution is 2.30. The SMILES string of the molecule is Cc1c(C(C)F)cccc1C(C)(C)C. The van der Waals surface area contributed by atoms with E-state index in [1.54, 1.807) is 6.92 Å². The molecule has 1 heteroatoms. The van der Waals surface area contributed by atoms with E-state index in [1.165, 1.54) is 5.56 Å². The van der Waals surface area contributed by atoms with E-state index in [9.17, 15) is 4.39 Å². The Morgan fingerprint density at radius 1 is 1.21 bits per heavy atom. The molecule has 0 bridgehead atoms. The highest BCUT2D eigenvalue weighted by molar-refractivity contribution is 5.39. The molecular formula is C13H19F. The van der Waals surface area contributed by atoms with Crippen molar-refractivity contribution in [3.63, 3.8) is 0 Å². The van der Waals surface area contributed by atoms with Gasteiger partial charge in [0.05, 0.1) is 0 Å². The minimum atomic E-state index is -0.878. The van der Waals surface area contributed by atoms with Gasteiger partial charge in [-0.2, -0.15) is 0 Å². The molecule has 0 radical (unpaired) electrons. The van der Waals surface area contributed by atoms with Crippen molar-refractivity contribution < 1.29 is 4.39 Å². The molecule has 1 unspecified atom stereocenters. The molecule has 1 aromatic carbocycles. The van der Waals surface area contributed by atoms with Gasteiger partial charge in [-0.05, 0) is 36.0 Å². The third-order valence-electron chi connectivity index (χ3n) is 2.61. The lowest BCUT2D eigenvalue weighted by molar-refractivity contribution is 0.372. The van der Waals surface area contributed by atoms with Gasteiger partial charge in [0.2, 0.25) is 0 Å². The molecule has 0 saturated heterocycles. The van der Waals surface area contributed by atoms with Gasteiger partial charge in [-0.15, -0.1) is 0 Å². The van der Waals surface area contributed by atoms with Gasteiger partial charge in [-0.3, -0.25) is 0 Å². The molecule has 1 rings (SSSR count). The molecule has 14 heavy (non-hydrogen) atoms. The van der Waals surface area contributed by atoms with Crippen molar-refractivity contribution in [3.8, 4) is 0 Å². The largest absolute Gasteiger partial charge is 0.243 e. The third kappa shape index (κ3) is 2.14. The average Bonchev–Trinajstić information content (AvgIpc) is 2.01. The molecule has 0 aliphatic carbocycles. The minimum Gasteiger partial charge on any atom is -0.243 e. The molecule has 0 saturated carbocycles. The number of rotatable bonds is 1. The van der Waals surface area contributed by atoms with E-state index in [4.69, 9.17) is 0 Å². The summed E-state index contributed by atoms with van der Waals surface area (Å²) in [6.45, 7) is 10.1. The molecular weight excluding hydrogens is 175 g/mol. The standard InChI is InChI=1S/C13H19F/c1-9-11(10(2)14)7-6-8-12(9)13(3,4)5/h6-8,10H,1-5H3. The van der Waals surface area contributed by atoms with Crippen molar-refractivity contribution in [3.05, 3.63) is 34.9 Å². The van der Waals surface area contributed by atoms with Crippen molar-refractivity contribution in [2.24, 2.45) is 0 Å². The second-order valence-corrected chi connectivity index (χ2v) is 4.89. The van der Waals surface area contributed by atoms with Gasteiger partial charge in [-0.1, -0.05) is 39.0 Å². The van der Waals surface area contributed by atoms with Crippen molar-refractivity contribution in [2.45, 2.75) is 46.2 Å². The Morgan fingerprint density at radius 3 is 2.21 bits per heavy atom. The summed E-state index contributed by atoms with van der Waals surface area (Å²) in [6.07, 6.45) is -0.878. The number of benzene rings is 1. The molecule has 1 atom stereocenters. The summed E-state index contributed by atoms with van der Waals surface area (Å²) in [6, 6.07) is 5.90. The molecule has 0 aliphatic rings. The van der Waals surface area contributed by atoms with Crippen LogP contribution in [0.25, 0.3) is 0 Å². The zero-order valence-electron chi connectivity index (χ0n) is 9.69. The lowest BCUT2D eigenvalue weighted by atomic mass is 9.82. The topological polar surface area (TPSA) is 0 Å². The van der Waals surface area contributed by atoms with Crippen molar-refractivity contribution in [1.82, 2.24) is 0 Å². The molecule has 0 aliphatic heterocycles. The van der Waals surface area contributed by atoms with Crippen LogP contribution >= 0.6 is 0 Å². The Bertz CT molecular complexity index is 318. The smallest absolute Gasteiger partial charge is 0.123 e. The molecule has 0 fully saturated rings. The Balaban J connectivity index is 3.28. The van der Waals surface area contributed by atoms with Gasteiger partial charge in [0, 0.05) is 0 Å². The number of hydrogen-bond donors (Lipinski definition) is 0. The van der Waals surface area contributed by atoms with Crippen molar-refractivity contribution in [1.29, 1.82) is 0 Å². The monoisotopic (exact) mass is 194 g/mol. The fourth-order valence-corrected chi connectivity index (χ4v) is 1.90. The zero-order valence-corrected chi connectivity index (χ0v) is 9.69. The summed E-state index contributed by atoms with van der Waals surface area (Å²) in [5, 5.41) is 0. The first kappa shape index (κ1) is 11.2. The Hall–Kier alpha value is -0.850. The summed E-state index contributed by atoms with van der Waals surface area (Å²) in [4.78, 5) is 0. The minimum absolute atomic E-state index is 0.0922. The lowest BCUT2D eigenvalue weighted by Gasteiger charge is -2.23. The van der Waals surface area contributed by atoms with Crippen LogP contribution in [-0.2, 0) is 5.41 Å². The Kier molecular flexibility index (Phi) is 2.98. The molecule has 0 N–H and O–H groups in total. The second kappa shape index (κ2) is 3.72. The fraction of sp³-hybridized carbons (Fsp3) is 0.538. The maximum atomic E-state index is 13.3. The van der Waals surface area contributed by atoms with Gasteiger partial charge < -0.3 is 0 Å².